The molecular weight excluding hydrogens is 468 g/mol. The molecule has 0 aromatic heterocycles. The van der Waals surface area contributed by atoms with Crippen LogP contribution in [0.3, 0.4) is 0 Å². The van der Waals surface area contributed by atoms with E-state index in [1.165, 1.54) is 12.1 Å². The Balaban J connectivity index is 0.000000469. The number of hydrogen-bond donors (Lipinski definition) is 4. The van der Waals surface area contributed by atoms with E-state index in [2.05, 4.69) is 16.0 Å². The van der Waals surface area contributed by atoms with Crippen molar-refractivity contribution in [2.45, 2.75) is 18.3 Å². The molecule has 0 aliphatic carbocycles. The van der Waals surface area contributed by atoms with Crippen LogP contribution in [0.2, 0.25) is 0 Å². The Bertz CT molecular complexity index is 1090. The summed E-state index contributed by atoms with van der Waals surface area (Å²) in [6.07, 6.45) is 0. The lowest BCUT2D eigenvalue weighted by molar-refractivity contribution is -0.149. The van der Waals surface area contributed by atoms with Gasteiger partial charge in [0.2, 0.25) is 0 Å². The topological polar surface area (TPSA) is 171 Å². The van der Waals surface area contributed by atoms with Gasteiger partial charge in [-0.2, -0.15) is 0 Å². The average Bonchev–Trinajstić information content (AvgIpc) is 2.82. The SMILES string of the molecule is C1CNCCN1.CC(=O)OCC1=C(C(=O)O)N2C(=O)[C@@H](NC(=O)c3ccccc3)[C@@H]2S(=O)(=O)C1. The molecule has 184 valence electrons. The highest BCUT2D eigenvalue weighted by Crippen LogP contribution is 2.37. The fraction of sp³-hybridized carbons (Fsp3) is 0.429. The Hall–Kier alpha value is -3.29. The average molecular weight is 495 g/mol. The summed E-state index contributed by atoms with van der Waals surface area (Å²) < 4.78 is 30.0. The van der Waals surface area contributed by atoms with Crippen LogP contribution in [-0.4, -0.2) is 92.1 Å². The monoisotopic (exact) mass is 494 g/mol. The van der Waals surface area contributed by atoms with Gasteiger partial charge in [0.25, 0.3) is 11.8 Å². The Kier molecular flexibility index (Phi) is 8.02. The first kappa shape index (κ1) is 25.3. The Morgan fingerprint density at radius 1 is 1.12 bits per heavy atom. The molecule has 2 amide bonds. The minimum Gasteiger partial charge on any atom is -0.477 e. The number of nitrogens with one attached hydrogen (secondary N) is 3. The second-order valence-corrected chi connectivity index (χ2v) is 9.86. The Morgan fingerprint density at radius 2 is 1.71 bits per heavy atom. The molecular formula is C21H26N4O8S. The van der Waals surface area contributed by atoms with E-state index >= 15 is 0 Å². The van der Waals surface area contributed by atoms with E-state index in [9.17, 15) is 32.7 Å². The van der Waals surface area contributed by atoms with E-state index in [0.29, 0.717) is 4.90 Å². The van der Waals surface area contributed by atoms with E-state index in [4.69, 9.17) is 4.74 Å². The number of sulfone groups is 1. The number of hydrogen-bond acceptors (Lipinski definition) is 9. The molecule has 12 nitrogen and oxygen atoms in total. The molecule has 3 aliphatic heterocycles. The summed E-state index contributed by atoms with van der Waals surface area (Å²) in [5.41, 5.74) is -0.525. The van der Waals surface area contributed by atoms with Gasteiger partial charge in [-0.3, -0.25) is 19.3 Å². The minimum atomic E-state index is -4.02. The quantitative estimate of drug-likeness (QED) is 0.278. The van der Waals surface area contributed by atoms with Gasteiger partial charge in [0.1, 0.15) is 18.3 Å². The third-order valence-corrected chi connectivity index (χ3v) is 7.26. The zero-order valence-electron chi connectivity index (χ0n) is 18.4. The number of nitrogens with zero attached hydrogens (tertiary/aromatic N) is 1. The molecule has 3 aliphatic rings. The third kappa shape index (κ3) is 5.61. The zero-order valence-corrected chi connectivity index (χ0v) is 19.3. The maximum Gasteiger partial charge on any atom is 0.352 e. The lowest BCUT2D eigenvalue weighted by Gasteiger charge is -2.48. The van der Waals surface area contributed by atoms with Gasteiger partial charge in [-0.15, -0.1) is 0 Å². The van der Waals surface area contributed by atoms with Crippen LogP contribution in [-0.2, 0) is 29.0 Å². The van der Waals surface area contributed by atoms with Crippen molar-refractivity contribution >= 4 is 33.6 Å². The second-order valence-electron chi connectivity index (χ2n) is 7.76. The first-order chi connectivity index (χ1) is 16.1. The van der Waals surface area contributed by atoms with E-state index in [-0.39, 0.29) is 11.1 Å². The fourth-order valence-electron chi connectivity index (χ4n) is 3.74. The van der Waals surface area contributed by atoms with Crippen LogP contribution in [0.1, 0.15) is 17.3 Å². The maximum atomic E-state index is 12.6. The summed E-state index contributed by atoms with van der Waals surface area (Å²) in [6.45, 7) is 5.08. The van der Waals surface area contributed by atoms with Crippen molar-refractivity contribution in [3.8, 4) is 0 Å². The lowest BCUT2D eigenvalue weighted by Crippen LogP contribution is -2.74. The van der Waals surface area contributed by atoms with Gasteiger partial charge < -0.3 is 25.8 Å². The molecule has 2 atom stereocenters. The maximum absolute atomic E-state index is 12.6. The highest BCUT2D eigenvalue weighted by molar-refractivity contribution is 7.92. The van der Waals surface area contributed by atoms with Crippen molar-refractivity contribution in [3.05, 3.63) is 47.2 Å². The molecule has 34 heavy (non-hydrogen) atoms. The minimum absolute atomic E-state index is 0.208. The van der Waals surface area contributed by atoms with Crippen molar-refractivity contribution in [1.29, 1.82) is 0 Å². The molecule has 3 heterocycles. The normalized spacial score (nSPS) is 23.0. The number of carbonyl (C=O) groups is 4. The van der Waals surface area contributed by atoms with Crippen LogP contribution in [0, 0.1) is 0 Å². The van der Waals surface area contributed by atoms with E-state index in [0.717, 1.165) is 33.1 Å². The standard InChI is InChI=1S/C17H16N2O8S.C4H10N2/c1-9(20)27-7-11-8-28(25,26)16-12(15(22)19(16)13(11)17(23)24)18-14(21)10-5-3-2-4-6-10;1-2-6-4-3-5-1/h2-6,12,16H,7-8H2,1H3,(H,18,21)(H,23,24);5-6H,1-4H2/t12-,16+;/m1./s1. The fourth-order valence-corrected chi connectivity index (χ4v) is 5.75. The molecule has 4 N–H and O–H groups in total. The van der Waals surface area contributed by atoms with Gasteiger partial charge in [-0.1, -0.05) is 18.2 Å². The van der Waals surface area contributed by atoms with E-state index in [1.807, 2.05) is 0 Å². The van der Waals surface area contributed by atoms with Crippen LogP contribution in [0.25, 0.3) is 0 Å². The van der Waals surface area contributed by atoms with Crippen molar-refractivity contribution in [3.63, 3.8) is 0 Å². The molecule has 1 aromatic rings. The lowest BCUT2D eigenvalue weighted by atomic mass is 10.0. The van der Waals surface area contributed by atoms with E-state index < -0.39 is 63.1 Å². The summed E-state index contributed by atoms with van der Waals surface area (Å²) in [7, 11) is -4.02. The Labute approximate surface area is 196 Å². The molecule has 13 heteroatoms. The van der Waals surface area contributed by atoms with Crippen LogP contribution < -0.4 is 16.0 Å². The number of β-lactam (4-membered cyclic amide) rings is 1. The number of benzene rings is 1. The van der Waals surface area contributed by atoms with Gasteiger partial charge in [0.15, 0.2) is 15.2 Å². The number of ether oxygens (including phenoxy) is 1. The highest BCUT2D eigenvalue weighted by Gasteiger charge is 2.60. The van der Waals surface area contributed by atoms with Crippen molar-refractivity contribution < 1.29 is 37.4 Å². The highest BCUT2D eigenvalue weighted by atomic mass is 32.2. The first-order valence-electron chi connectivity index (χ1n) is 10.5. The van der Waals surface area contributed by atoms with Crippen molar-refractivity contribution in [1.82, 2.24) is 20.9 Å². The number of esters is 1. The predicted molar refractivity (Wildman–Crippen MR) is 119 cm³/mol. The van der Waals surface area contributed by atoms with Crippen molar-refractivity contribution in [2.75, 3.05) is 38.5 Å². The molecule has 0 spiro atoms. The molecule has 0 saturated carbocycles. The smallest absolute Gasteiger partial charge is 0.352 e. The summed E-state index contributed by atoms with van der Waals surface area (Å²) >= 11 is 0. The number of carboxylic acids is 1. The second kappa shape index (κ2) is 10.8. The molecule has 0 radical (unpaired) electrons. The number of carbonyl (C=O) groups excluding carboxylic acids is 3. The number of piperazine rings is 1. The van der Waals surface area contributed by atoms with Gasteiger partial charge in [0.05, 0.1) is 5.75 Å². The van der Waals surface area contributed by atoms with Gasteiger partial charge in [-0.25, -0.2) is 13.2 Å². The Morgan fingerprint density at radius 3 is 2.21 bits per heavy atom. The molecule has 0 unspecified atom stereocenters. The predicted octanol–water partition coefficient (Wildman–Crippen LogP) is -1.54. The number of carboxylic acid groups (broad SMARTS) is 1. The largest absolute Gasteiger partial charge is 0.477 e. The summed E-state index contributed by atoms with van der Waals surface area (Å²) in [4.78, 5) is 48.0. The first-order valence-corrected chi connectivity index (χ1v) is 12.3. The molecule has 2 fully saturated rings. The summed E-state index contributed by atoms with van der Waals surface area (Å²) in [5.74, 6) is -4.47. The van der Waals surface area contributed by atoms with Crippen LogP contribution in [0.4, 0.5) is 0 Å². The zero-order chi connectivity index (χ0) is 24.9. The number of aliphatic carboxylic acids is 1. The summed E-state index contributed by atoms with van der Waals surface area (Å²) in [6, 6.07) is 6.48. The van der Waals surface area contributed by atoms with Crippen LogP contribution >= 0.6 is 0 Å². The number of amides is 2. The van der Waals surface area contributed by atoms with Crippen molar-refractivity contribution in [2.24, 2.45) is 0 Å². The third-order valence-electron chi connectivity index (χ3n) is 5.29. The van der Waals surface area contributed by atoms with Gasteiger partial charge >= 0.3 is 11.9 Å². The molecule has 2 saturated heterocycles. The van der Waals surface area contributed by atoms with Crippen LogP contribution in [0.5, 0.6) is 0 Å². The molecule has 0 bridgehead atoms. The summed E-state index contributed by atoms with van der Waals surface area (Å²) in [5, 5.41) is 16.7. The molecule has 1 aromatic carbocycles. The molecule has 4 rings (SSSR count). The number of fused-ring (bicyclic) bond motifs is 1. The van der Waals surface area contributed by atoms with Crippen LogP contribution in [0.15, 0.2) is 41.6 Å². The van der Waals surface area contributed by atoms with E-state index in [1.54, 1.807) is 18.2 Å². The van der Waals surface area contributed by atoms with Gasteiger partial charge in [-0.05, 0) is 12.1 Å². The number of rotatable bonds is 5. The van der Waals surface area contributed by atoms with Gasteiger partial charge in [0, 0.05) is 44.2 Å².